The summed E-state index contributed by atoms with van der Waals surface area (Å²) in [6.45, 7) is 0. The third kappa shape index (κ3) is 9.59. The molecule has 20 heteroatoms. The summed E-state index contributed by atoms with van der Waals surface area (Å²) in [7, 11) is -13.7. The number of hydrogen-bond acceptors (Lipinski definition) is 11. The molecular weight excluding hydrogens is 1010 g/mol. The highest BCUT2D eigenvalue weighted by Crippen LogP contribution is 2.40. The van der Waals surface area contributed by atoms with Crippen LogP contribution in [0.4, 0.5) is 5.69 Å². The Labute approximate surface area is 428 Å². The lowest BCUT2D eigenvalue weighted by atomic mass is 10.0. The van der Waals surface area contributed by atoms with E-state index >= 15 is 0 Å². The number of fused-ring (bicyclic) bond motifs is 8. The highest BCUT2D eigenvalue weighted by Gasteiger charge is 2.22. The molecule has 4 aromatic carbocycles. The first-order valence-electron chi connectivity index (χ1n) is 22.6. The minimum absolute atomic E-state index is 0.282. The summed E-state index contributed by atoms with van der Waals surface area (Å²) in [5.41, 5.74) is 9.78. The largest absolute Gasteiger partial charge is 0.354 e. The van der Waals surface area contributed by atoms with Crippen molar-refractivity contribution in [2.75, 3.05) is 5.32 Å². The van der Waals surface area contributed by atoms with Gasteiger partial charge in [0.25, 0.3) is 36.3 Å². The zero-order chi connectivity index (χ0) is 52.2. The van der Waals surface area contributed by atoms with E-state index < -0.39 is 36.3 Å². The number of hydrogen-bond donors (Lipinski definition) is 6. The van der Waals surface area contributed by atoms with Gasteiger partial charge in [-0.1, -0.05) is 60.7 Å². The molecule has 0 aliphatic carbocycles. The van der Waals surface area contributed by atoms with Crippen LogP contribution in [0, 0.1) is 0 Å². The number of aromatic amines is 2. The fourth-order valence-electron chi connectivity index (χ4n) is 8.98. The number of anilines is 1. The van der Waals surface area contributed by atoms with Gasteiger partial charge in [-0.05, 0) is 132 Å². The van der Waals surface area contributed by atoms with Crippen molar-refractivity contribution in [1.82, 2.24) is 29.9 Å². The molecule has 2 aliphatic rings. The Kier molecular flexibility index (Phi) is 12.1. The maximum Gasteiger partial charge on any atom is 0.294 e. The summed E-state index contributed by atoms with van der Waals surface area (Å²) in [5.74, 6) is -0.446. The minimum Gasteiger partial charge on any atom is -0.354 e. The van der Waals surface area contributed by atoms with Gasteiger partial charge in [0.2, 0.25) is 0 Å². The lowest BCUT2D eigenvalue weighted by molar-refractivity contribution is 0.102. The van der Waals surface area contributed by atoms with Crippen molar-refractivity contribution in [3.8, 4) is 55.9 Å². The van der Waals surface area contributed by atoms with E-state index in [2.05, 4.69) is 25.3 Å². The van der Waals surface area contributed by atoms with Crippen molar-refractivity contribution in [2.45, 2.75) is 14.7 Å². The van der Waals surface area contributed by atoms with Crippen molar-refractivity contribution in [3.05, 3.63) is 192 Å². The predicted octanol–water partition coefficient (Wildman–Crippen LogP) is 10.8. The Morgan fingerprint density at radius 2 is 0.827 bits per heavy atom. The first kappa shape index (κ1) is 48.3. The molecule has 75 heavy (non-hydrogen) atoms. The van der Waals surface area contributed by atoms with E-state index in [-0.39, 0.29) is 20.2 Å². The molecule has 8 bridgehead atoms. The molecule has 2 aliphatic heterocycles. The molecule has 0 atom stereocenters. The molecule has 17 nitrogen and oxygen atoms in total. The maximum atomic E-state index is 14.1. The van der Waals surface area contributed by atoms with Crippen LogP contribution in [0.1, 0.15) is 33.1 Å². The number of amides is 1. The van der Waals surface area contributed by atoms with Gasteiger partial charge in [0.15, 0.2) is 0 Å². The van der Waals surface area contributed by atoms with E-state index in [0.717, 1.165) is 0 Å². The van der Waals surface area contributed by atoms with Crippen LogP contribution in [-0.2, 0) is 30.4 Å². The van der Waals surface area contributed by atoms with Crippen LogP contribution >= 0.6 is 0 Å². The second kappa shape index (κ2) is 18.8. The number of H-pyrrole nitrogens is 2. The van der Waals surface area contributed by atoms with Gasteiger partial charge in [0.1, 0.15) is 0 Å². The van der Waals surface area contributed by atoms with Crippen molar-refractivity contribution >= 4 is 88.3 Å². The number of nitrogens with one attached hydrogen (secondary N) is 3. The van der Waals surface area contributed by atoms with Crippen LogP contribution in [-0.4, -0.2) is 74.7 Å². The second-order valence-electron chi connectivity index (χ2n) is 17.1. The van der Waals surface area contributed by atoms with Gasteiger partial charge >= 0.3 is 0 Å². The number of para-hydroxylation sites is 1. The SMILES string of the molecule is O=C(Nc1ccccc1-c1c2nc(c(-c3ccc(S(=O)(=O)O)cc3)c3ccc([nH]3)c(-c3ccc(S(=O)(=O)O)cc3)c3nc(c(-c4ccc(S(=O)(=O)O)cc4)c4ccc1[nH]4)C=C3)C=C2)c1ccc(-c2ccccn2)nc1. The molecule has 0 radical (unpaired) electrons. The van der Waals surface area contributed by atoms with Gasteiger partial charge in [-0.25, -0.2) is 9.97 Å². The standard InChI is InChI=1S/C55H37N7O10S3/c63-55(35-14-21-42(57-31-35)41-7-3-4-30-56-41)62-40-6-2-1-5-39(40)54-49-28-26-47(60-49)52(33-10-17-37(18-11-33)74(67,68)69)45-24-22-43(58-45)51(32-8-15-36(16-9-32)73(64,65)66)44-23-25-46(59-44)53(48-27-29-50(54)61-48)34-12-19-38(20-13-34)75(70,71)72/h1-31,58,61H,(H,62,63)(H,64,65,66)(H,67,68,69)(H,70,71,72). The minimum atomic E-state index is -4.56. The van der Waals surface area contributed by atoms with E-state index in [9.17, 15) is 43.7 Å². The monoisotopic (exact) mass is 1050 g/mol. The molecule has 6 N–H and O–H groups in total. The van der Waals surface area contributed by atoms with Crippen LogP contribution in [0.2, 0.25) is 0 Å². The number of benzene rings is 4. The molecule has 0 saturated heterocycles. The summed E-state index contributed by atoms with van der Waals surface area (Å²) >= 11 is 0. The molecule has 1 amide bonds. The summed E-state index contributed by atoms with van der Waals surface area (Å²) in [6.07, 6.45) is 10.2. The van der Waals surface area contributed by atoms with E-state index in [1.165, 1.54) is 54.7 Å². The van der Waals surface area contributed by atoms with Crippen molar-refractivity contribution in [3.63, 3.8) is 0 Å². The van der Waals surface area contributed by atoms with Crippen molar-refractivity contribution in [2.24, 2.45) is 0 Å². The summed E-state index contributed by atoms with van der Waals surface area (Å²) in [5, 5.41) is 3.07. The zero-order valence-corrected chi connectivity index (χ0v) is 41.1. The number of carbonyl (C=O) groups is 1. The van der Waals surface area contributed by atoms with E-state index in [1.807, 2.05) is 36.4 Å². The Morgan fingerprint density at radius 1 is 0.427 bits per heavy atom. The highest BCUT2D eigenvalue weighted by atomic mass is 32.2. The molecule has 0 spiro atoms. The normalized spacial score (nSPS) is 12.5. The maximum absolute atomic E-state index is 14.1. The summed E-state index contributed by atoms with van der Waals surface area (Å²) in [6, 6.07) is 40.1. The summed E-state index contributed by atoms with van der Waals surface area (Å²) in [4.78, 5) is 39.4. The lowest BCUT2D eigenvalue weighted by Gasteiger charge is -2.13. The second-order valence-corrected chi connectivity index (χ2v) is 21.4. The van der Waals surface area contributed by atoms with Gasteiger partial charge in [0, 0.05) is 68.0 Å². The van der Waals surface area contributed by atoms with E-state index in [1.54, 1.807) is 97.2 Å². The fourth-order valence-corrected chi connectivity index (χ4v) is 10.4. The van der Waals surface area contributed by atoms with E-state index in [4.69, 9.17) is 9.97 Å². The zero-order valence-electron chi connectivity index (χ0n) is 38.6. The van der Waals surface area contributed by atoms with Gasteiger partial charge in [-0.3, -0.25) is 28.4 Å². The van der Waals surface area contributed by atoms with Gasteiger partial charge < -0.3 is 15.3 Å². The molecule has 11 rings (SSSR count). The quantitative estimate of drug-likeness (QED) is 0.0695. The number of rotatable bonds is 10. The molecule has 0 fully saturated rings. The molecular formula is C55H37N7O10S3. The van der Waals surface area contributed by atoms with E-state index in [0.29, 0.717) is 106 Å². The average molecular weight is 1050 g/mol. The molecule has 9 aromatic rings. The summed E-state index contributed by atoms with van der Waals surface area (Å²) < 4.78 is 103. The third-order valence-corrected chi connectivity index (χ3v) is 15.1. The Bertz CT molecular complexity index is 4320. The smallest absolute Gasteiger partial charge is 0.294 e. The highest BCUT2D eigenvalue weighted by molar-refractivity contribution is 7.86. The Balaban J connectivity index is 1.20. The van der Waals surface area contributed by atoms with Gasteiger partial charge in [-0.15, -0.1) is 0 Å². The van der Waals surface area contributed by atoms with Gasteiger partial charge in [0.05, 0.1) is 54.4 Å². The van der Waals surface area contributed by atoms with Crippen LogP contribution in [0.3, 0.4) is 0 Å². The topological polar surface area (TPSA) is 275 Å². The van der Waals surface area contributed by atoms with Crippen LogP contribution in [0.15, 0.2) is 179 Å². The number of nitrogens with zero attached hydrogens (tertiary/aromatic N) is 4. The number of pyridine rings is 2. The molecule has 0 unspecified atom stereocenters. The predicted molar refractivity (Wildman–Crippen MR) is 285 cm³/mol. The number of aromatic nitrogens is 6. The van der Waals surface area contributed by atoms with Crippen LogP contribution < -0.4 is 5.32 Å². The van der Waals surface area contributed by atoms with Crippen molar-refractivity contribution in [1.29, 1.82) is 0 Å². The fraction of sp³-hybridized carbons (Fsp3) is 0. The average Bonchev–Trinajstić information content (AvgIpc) is 4.27. The molecule has 7 heterocycles. The Morgan fingerprint density at radius 3 is 1.23 bits per heavy atom. The first-order valence-corrected chi connectivity index (χ1v) is 27.0. The first-order chi connectivity index (χ1) is 36.0. The van der Waals surface area contributed by atoms with Gasteiger partial charge in [-0.2, -0.15) is 25.3 Å². The van der Waals surface area contributed by atoms with Crippen LogP contribution in [0.25, 0.3) is 102 Å². The third-order valence-electron chi connectivity index (χ3n) is 12.5. The van der Waals surface area contributed by atoms with Crippen molar-refractivity contribution < 1.29 is 43.7 Å². The number of carbonyl (C=O) groups excluding carboxylic acids is 1. The lowest BCUT2D eigenvalue weighted by Crippen LogP contribution is -2.13. The Hall–Kier alpha value is -9.02. The molecule has 370 valence electrons. The molecule has 0 saturated carbocycles. The molecule has 5 aromatic heterocycles. The van der Waals surface area contributed by atoms with Crippen LogP contribution in [0.5, 0.6) is 0 Å².